The summed E-state index contributed by atoms with van der Waals surface area (Å²) in [4.78, 5) is 12.0. The minimum absolute atomic E-state index is 0.105. The first kappa shape index (κ1) is 15.8. The molecule has 1 amide bonds. The number of aliphatic hydroxyl groups excluding tert-OH is 1. The minimum atomic E-state index is -0.172. The average molecular weight is 315 g/mol. The second-order valence-corrected chi connectivity index (χ2v) is 6.01. The molecule has 122 valence electrons. The maximum atomic E-state index is 12.0. The standard InChI is InChI=1S/C18H21NO4/c20-9-7-18(8-10-22-13-18)12-19-17(21)6-5-15-11-14-3-1-2-4-16(14)23-15/h1-6,11,20H,7-10,12-13H2,(H,19,21)/b6-5+. The van der Waals surface area contributed by atoms with Gasteiger partial charge in [-0.1, -0.05) is 18.2 Å². The molecule has 2 heterocycles. The van der Waals surface area contributed by atoms with E-state index >= 15 is 0 Å². The highest BCUT2D eigenvalue weighted by atomic mass is 16.5. The number of carbonyl (C=O) groups is 1. The Balaban J connectivity index is 1.58. The van der Waals surface area contributed by atoms with Gasteiger partial charge in [-0.15, -0.1) is 0 Å². The highest BCUT2D eigenvalue weighted by Gasteiger charge is 2.34. The van der Waals surface area contributed by atoms with Gasteiger partial charge in [0.25, 0.3) is 0 Å². The zero-order chi connectivity index (χ0) is 16.1. The van der Waals surface area contributed by atoms with Crippen molar-refractivity contribution in [1.82, 2.24) is 5.32 Å². The predicted octanol–water partition coefficient (Wildman–Crippen LogP) is 2.35. The molecule has 23 heavy (non-hydrogen) atoms. The van der Waals surface area contributed by atoms with Gasteiger partial charge in [-0.25, -0.2) is 0 Å². The zero-order valence-electron chi connectivity index (χ0n) is 13.0. The van der Waals surface area contributed by atoms with Gasteiger partial charge in [0.2, 0.25) is 5.91 Å². The maximum Gasteiger partial charge on any atom is 0.244 e. The molecule has 1 saturated heterocycles. The number of amides is 1. The number of carbonyl (C=O) groups excluding carboxylic acids is 1. The van der Waals surface area contributed by atoms with Crippen LogP contribution in [0.4, 0.5) is 0 Å². The van der Waals surface area contributed by atoms with Crippen LogP contribution in [0.2, 0.25) is 0 Å². The SMILES string of the molecule is O=C(/C=C/c1cc2ccccc2o1)NCC1(CCO)CCOC1. The van der Waals surface area contributed by atoms with Crippen LogP contribution in [0.3, 0.4) is 0 Å². The molecule has 1 unspecified atom stereocenters. The summed E-state index contributed by atoms with van der Waals surface area (Å²) in [5.41, 5.74) is 0.662. The van der Waals surface area contributed by atoms with Crippen LogP contribution in [0.5, 0.6) is 0 Å². The van der Waals surface area contributed by atoms with Crippen LogP contribution in [-0.4, -0.2) is 37.4 Å². The van der Waals surface area contributed by atoms with E-state index in [1.54, 1.807) is 6.08 Å². The molecule has 1 aromatic carbocycles. The molecule has 0 aliphatic carbocycles. The molecule has 5 heteroatoms. The molecule has 0 spiro atoms. The van der Waals surface area contributed by atoms with Crippen LogP contribution >= 0.6 is 0 Å². The van der Waals surface area contributed by atoms with E-state index in [4.69, 9.17) is 9.15 Å². The molecule has 0 bridgehead atoms. The predicted molar refractivity (Wildman–Crippen MR) is 87.8 cm³/mol. The summed E-state index contributed by atoms with van der Waals surface area (Å²) in [5, 5.41) is 13.1. The second kappa shape index (κ2) is 6.98. The smallest absolute Gasteiger partial charge is 0.244 e. The van der Waals surface area contributed by atoms with E-state index < -0.39 is 0 Å². The lowest BCUT2D eigenvalue weighted by atomic mass is 9.84. The van der Waals surface area contributed by atoms with Crippen LogP contribution in [0.15, 0.2) is 40.8 Å². The summed E-state index contributed by atoms with van der Waals surface area (Å²) in [7, 11) is 0. The summed E-state index contributed by atoms with van der Waals surface area (Å²) < 4.78 is 11.0. The molecule has 2 aromatic rings. The number of para-hydroxylation sites is 1. The highest BCUT2D eigenvalue weighted by Crippen LogP contribution is 2.31. The summed E-state index contributed by atoms with van der Waals surface area (Å²) in [6.07, 6.45) is 4.64. The first-order chi connectivity index (χ1) is 11.2. The maximum absolute atomic E-state index is 12.0. The number of rotatable bonds is 6. The molecular weight excluding hydrogens is 294 g/mol. The Morgan fingerprint density at radius 1 is 1.39 bits per heavy atom. The number of fused-ring (bicyclic) bond motifs is 1. The molecular formula is C18H21NO4. The van der Waals surface area contributed by atoms with E-state index in [0.29, 0.717) is 31.9 Å². The van der Waals surface area contributed by atoms with Gasteiger partial charge in [-0.05, 0) is 31.1 Å². The van der Waals surface area contributed by atoms with Crippen LogP contribution in [0, 0.1) is 5.41 Å². The van der Waals surface area contributed by atoms with Crippen molar-refractivity contribution in [3.05, 3.63) is 42.2 Å². The molecule has 2 N–H and O–H groups in total. The number of aliphatic hydroxyl groups is 1. The normalized spacial score (nSPS) is 21.3. The van der Waals surface area contributed by atoms with Crippen molar-refractivity contribution in [2.45, 2.75) is 12.8 Å². The van der Waals surface area contributed by atoms with Crippen molar-refractivity contribution in [3.8, 4) is 0 Å². The largest absolute Gasteiger partial charge is 0.457 e. The Morgan fingerprint density at radius 3 is 3.00 bits per heavy atom. The lowest BCUT2D eigenvalue weighted by molar-refractivity contribution is -0.117. The van der Waals surface area contributed by atoms with E-state index in [-0.39, 0.29) is 17.9 Å². The molecule has 3 rings (SSSR count). The molecule has 5 nitrogen and oxygen atoms in total. The zero-order valence-corrected chi connectivity index (χ0v) is 13.0. The summed E-state index contributed by atoms with van der Waals surface area (Å²) in [6.45, 7) is 1.89. The Morgan fingerprint density at radius 2 is 2.26 bits per heavy atom. The van der Waals surface area contributed by atoms with Crippen molar-refractivity contribution >= 4 is 23.0 Å². The van der Waals surface area contributed by atoms with Gasteiger partial charge < -0.3 is 19.6 Å². The molecule has 1 atom stereocenters. The van der Waals surface area contributed by atoms with E-state index in [9.17, 15) is 9.90 Å². The van der Waals surface area contributed by atoms with Gasteiger partial charge in [-0.3, -0.25) is 4.79 Å². The lowest BCUT2D eigenvalue weighted by Gasteiger charge is -2.26. The lowest BCUT2D eigenvalue weighted by Crippen LogP contribution is -2.38. The van der Waals surface area contributed by atoms with Gasteiger partial charge in [0.05, 0.1) is 6.61 Å². The number of benzene rings is 1. The third-order valence-electron chi connectivity index (χ3n) is 4.31. The second-order valence-electron chi connectivity index (χ2n) is 6.01. The Kier molecular flexibility index (Phi) is 4.79. The monoisotopic (exact) mass is 315 g/mol. The number of nitrogens with one attached hydrogen (secondary N) is 1. The molecule has 1 aliphatic rings. The fraction of sp³-hybridized carbons (Fsp3) is 0.389. The van der Waals surface area contributed by atoms with E-state index in [0.717, 1.165) is 17.4 Å². The third-order valence-corrected chi connectivity index (χ3v) is 4.31. The Labute approximate surface area is 134 Å². The molecule has 1 aliphatic heterocycles. The van der Waals surface area contributed by atoms with E-state index in [2.05, 4.69) is 5.32 Å². The number of ether oxygens (including phenoxy) is 1. The van der Waals surface area contributed by atoms with Crippen molar-refractivity contribution in [1.29, 1.82) is 0 Å². The summed E-state index contributed by atoms with van der Waals surface area (Å²) in [5.74, 6) is 0.477. The number of hydrogen-bond acceptors (Lipinski definition) is 4. The van der Waals surface area contributed by atoms with Gasteiger partial charge in [0, 0.05) is 36.6 Å². The topological polar surface area (TPSA) is 71.7 Å². The number of hydrogen-bond donors (Lipinski definition) is 2. The average Bonchev–Trinajstić information content (AvgIpc) is 3.18. The van der Waals surface area contributed by atoms with Crippen molar-refractivity contribution in [2.24, 2.45) is 5.41 Å². The fourth-order valence-electron chi connectivity index (χ4n) is 2.89. The fourth-order valence-corrected chi connectivity index (χ4v) is 2.89. The Hall–Kier alpha value is -2.11. The molecule has 1 fully saturated rings. The quantitative estimate of drug-likeness (QED) is 0.803. The summed E-state index contributed by atoms with van der Waals surface area (Å²) >= 11 is 0. The third kappa shape index (κ3) is 3.81. The van der Waals surface area contributed by atoms with Crippen LogP contribution in [0.25, 0.3) is 17.0 Å². The minimum Gasteiger partial charge on any atom is -0.457 e. The molecule has 0 radical (unpaired) electrons. The van der Waals surface area contributed by atoms with Crippen LogP contribution in [-0.2, 0) is 9.53 Å². The van der Waals surface area contributed by atoms with E-state index in [1.165, 1.54) is 6.08 Å². The van der Waals surface area contributed by atoms with E-state index in [1.807, 2.05) is 30.3 Å². The Bertz CT molecular complexity index is 665. The first-order valence-electron chi connectivity index (χ1n) is 7.84. The van der Waals surface area contributed by atoms with Gasteiger partial charge in [0.1, 0.15) is 11.3 Å². The van der Waals surface area contributed by atoms with Crippen LogP contribution in [0.1, 0.15) is 18.6 Å². The molecule has 1 aromatic heterocycles. The van der Waals surface area contributed by atoms with Crippen molar-refractivity contribution in [3.63, 3.8) is 0 Å². The number of furan rings is 1. The van der Waals surface area contributed by atoms with Crippen LogP contribution < -0.4 is 5.32 Å². The van der Waals surface area contributed by atoms with Crippen molar-refractivity contribution in [2.75, 3.05) is 26.4 Å². The van der Waals surface area contributed by atoms with Gasteiger partial charge in [-0.2, -0.15) is 0 Å². The van der Waals surface area contributed by atoms with Gasteiger partial charge >= 0.3 is 0 Å². The summed E-state index contributed by atoms with van der Waals surface area (Å²) in [6, 6.07) is 9.62. The highest BCUT2D eigenvalue weighted by molar-refractivity contribution is 5.92. The first-order valence-corrected chi connectivity index (χ1v) is 7.84. The van der Waals surface area contributed by atoms with Crippen molar-refractivity contribution < 1.29 is 19.1 Å². The van der Waals surface area contributed by atoms with Gasteiger partial charge in [0.15, 0.2) is 0 Å². The molecule has 0 saturated carbocycles.